The first-order chi connectivity index (χ1) is 13.7. The molecule has 29 heavy (non-hydrogen) atoms. The molecule has 148 valence electrons. The summed E-state index contributed by atoms with van der Waals surface area (Å²) in [4.78, 5) is 29.0. The lowest BCUT2D eigenvalue weighted by molar-refractivity contribution is -0.137. The van der Waals surface area contributed by atoms with Gasteiger partial charge in [-0.1, -0.05) is 23.7 Å². The summed E-state index contributed by atoms with van der Waals surface area (Å²) in [7, 11) is 0. The van der Waals surface area contributed by atoms with Crippen LogP contribution in [0.25, 0.3) is 22.1 Å². The predicted octanol–water partition coefficient (Wildman–Crippen LogP) is 4.45. The molecular weight excluding hydrogens is 411 g/mol. The Bertz CT molecular complexity index is 1310. The van der Waals surface area contributed by atoms with Crippen molar-refractivity contribution in [1.82, 2.24) is 9.55 Å². The van der Waals surface area contributed by atoms with E-state index in [0.717, 1.165) is 17.0 Å². The maximum Gasteiger partial charge on any atom is 0.418 e. The number of hydrogen-bond donors (Lipinski definition) is 1. The van der Waals surface area contributed by atoms with Crippen LogP contribution in [-0.2, 0) is 17.5 Å². The molecule has 0 spiro atoms. The van der Waals surface area contributed by atoms with Crippen LogP contribution in [0, 0.1) is 0 Å². The quantitative estimate of drug-likeness (QED) is 0.530. The zero-order valence-corrected chi connectivity index (χ0v) is 15.2. The first-order valence-electron chi connectivity index (χ1n) is 8.27. The van der Waals surface area contributed by atoms with E-state index < -0.39 is 35.4 Å². The summed E-state index contributed by atoms with van der Waals surface area (Å²) in [6, 6.07) is 9.90. The molecule has 0 fully saturated rings. The average molecular weight is 422 g/mol. The van der Waals surface area contributed by atoms with E-state index in [4.69, 9.17) is 16.0 Å². The van der Waals surface area contributed by atoms with Gasteiger partial charge in [0.2, 0.25) is 11.5 Å². The van der Waals surface area contributed by atoms with E-state index >= 15 is 0 Å². The van der Waals surface area contributed by atoms with Gasteiger partial charge in [-0.25, -0.2) is 4.98 Å². The van der Waals surface area contributed by atoms with Crippen molar-refractivity contribution in [2.45, 2.75) is 12.7 Å². The largest absolute Gasteiger partial charge is 0.448 e. The summed E-state index contributed by atoms with van der Waals surface area (Å²) < 4.78 is 45.9. The molecule has 4 rings (SSSR count). The number of amides is 1. The van der Waals surface area contributed by atoms with Gasteiger partial charge in [0.05, 0.1) is 17.6 Å². The van der Waals surface area contributed by atoms with Crippen LogP contribution in [-0.4, -0.2) is 15.5 Å². The minimum atomic E-state index is -4.71. The molecule has 0 aliphatic carbocycles. The highest BCUT2D eigenvalue weighted by molar-refractivity contribution is 6.30. The van der Waals surface area contributed by atoms with Crippen LogP contribution in [0.15, 0.2) is 58.0 Å². The van der Waals surface area contributed by atoms with E-state index in [1.54, 1.807) is 24.3 Å². The monoisotopic (exact) mass is 421 g/mol. The maximum absolute atomic E-state index is 13.2. The molecule has 0 aliphatic heterocycles. The summed E-state index contributed by atoms with van der Waals surface area (Å²) in [6.45, 7) is -0.543. The van der Waals surface area contributed by atoms with Crippen molar-refractivity contribution >= 4 is 45.3 Å². The Kier molecular flexibility index (Phi) is 4.54. The van der Waals surface area contributed by atoms with Gasteiger partial charge < -0.3 is 9.73 Å². The van der Waals surface area contributed by atoms with Gasteiger partial charge >= 0.3 is 6.18 Å². The minimum Gasteiger partial charge on any atom is -0.448 e. The summed E-state index contributed by atoms with van der Waals surface area (Å²) in [5, 5.41) is 2.69. The fraction of sp³-hybridized carbons (Fsp3) is 0.105. The number of aromatic nitrogens is 2. The number of furan rings is 1. The molecule has 0 atom stereocenters. The number of anilines is 1. The molecular formula is C19H11ClF3N3O3. The molecule has 0 aliphatic rings. The van der Waals surface area contributed by atoms with E-state index in [2.05, 4.69) is 10.3 Å². The second-order valence-corrected chi connectivity index (χ2v) is 6.63. The Morgan fingerprint density at radius 2 is 1.97 bits per heavy atom. The van der Waals surface area contributed by atoms with Crippen LogP contribution < -0.4 is 10.9 Å². The molecule has 4 aromatic rings. The highest BCUT2D eigenvalue weighted by Gasteiger charge is 2.34. The number of benzene rings is 2. The van der Waals surface area contributed by atoms with Crippen molar-refractivity contribution in [2.75, 3.05) is 5.32 Å². The second kappa shape index (κ2) is 6.93. The van der Waals surface area contributed by atoms with Crippen LogP contribution >= 0.6 is 11.6 Å². The predicted molar refractivity (Wildman–Crippen MR) is 101 cm³/mol. The van der Waals surface area contributed by atoms with Crippen molar-refractivity contribution in [3.05, 3.63) is 69.7 Å². The van der Waals surface area contributed by atoms with E-state index in [0.29, 0.717) is 22.6 Å². The topological polar surface area (TPSA) is 77.1 Å². The van der Waals surface area contributed by atoms with E-state index in [9.17, 15) is 22.8 Å². The van der Waals surface area contributed by atoms with Crippen LogP contribution in [0.5, 0.6) is 0 Å². The van der Waals surface area contributed by atoms with Gasteiger partial charge in [0.25, 0.3) is 5.56 Å². The van der Waals surface area contributed by atoms with Crippen LogP contribution in [0.3, 0.4) is 0 Å². The number of fused-ring (bicyclic) bond motifs is 3. The van der Waals surface area contributed by atoms with Crippen molar-refractivity contribution in [3.63, 3.8) is 0 Å². The number of hydrogen-bond acceptors (Lipinski definition) is 4. The molecule has 1 amide bonds. The van der Waals surface area contributed by atoms with Gasteiger partial charge in [-0.05, 0) is 30.3 Å². The lowest BCUT2D eigenvalue weighted by Gasteiger charge is -2.14. The SMILES string of the molecule is O=C(Cn1cnc2c(oc3ccccc32)c1=O)Nc1ccc(Cl)cc1C(F)(F)F. The van der Waals surface area contributed by atoms with Gasteiger partial charge in [-0.3, -0.25) is 14.2 Å². The maximum atomic E-state index is 13.2. The summed E-state index contributed by atoms with van der Waals surface area (Å²) in [6.07, 6.45) is -3.56. The molecule has 0 unspecified atom stereocenters. The van der Waals surface area contributed by atoms with Crippen LogP contribution in [0.2, 0.25) is 5.02 Å². The summed E-state index contributed by atoms with van der Waals surface area (Å²) in [5.41, 5.74) is -1.39. The standard InChI is InChI=1S/C19H11ClF3N3O3/c20-10-5-6-13(12(7-10)19(21,22)23)25-15(27)8-26-9-24-16-11-3-1-2-4-14(11)29-17(16)18(26)28/h1-7,9H,8H2,(H,25,27). The van der Waals surface area contributed by atoms with Crippen molar-refractivity contribution in [3.8, 4) is 0 Å². The fourth-order valence-electron chi connectivity index (χ4n) is 2.93. The first kappa shape index (κ1) is 19.0. The second-order valence-electron chi connectivity index (χ2n) is 6.19. The molecule has 0 saturated heterocycles. The number of para-hydroxylation sites is 1. The third kappa shape index (κ3) is 3.56. The smallest absolute Gasteiger partial charge is 0.418 e. The van der Waals surface area contributed by atoms with E-state index in [-0.39, 0.29) is 10.6 Å². The number of halogens is 4. The number of carbonyl (C=O) groups is 1. The normalized spacial score (nSPS) is 11.9. The van der Waals surface area contributed by atoms with Gasteiger partial charge in [-0.15, -0.1) is 0 Å². The number of nitrogens with one attached hydrogen (secondary N) is 1. The van der Waals surface area contributed by atoms with Gasteiger partial charge in [0.1, 0.15) is 17.6 Å². The third-order valence-corrected chi connectivity index (χ3v) is 4.46. The molecule has 2 heterocycles. The van der Waals surface area contributed by atoms with E-state index in [1.165, 1.54) is 6.07 Å². The van der Waals surface area contributed by atoms with Gasteiger partial charge in [-0.2, -0.15) is 13.2 Å². The number of alkyl halides is 3. The molecule has 0 radical (unpaired) electrons. The molecule has 10 heteroatoms. The van der Waals surface area contributed by atoms with Crippen molar-refractivity contribution in [2.24, 2.45) is 0 Å². The molecule has 1 N–H and O–H groups in total. The molecule has 2 aromatic carbocycles. The fourth-order valence-corrected chi connectivity index (χ4v) is 3.10. The zero-order chi connectivity index (χ0) is 20.8. The van der Waals surface area contributed by atoms with Crippen molar-refractivity contribution < 1.29 is 22.4 Å². The first-order valence-corrected chi connectivity index (χ1v) is 8.65. The average Bonchev–Trinajstić information content (AvgIpc) is 3.04. The van der Waals surface area contributed by atoms with Gasteiger partial charge in [0.15, 0.2) is 0 Å². The third-order valence-electron chi connectivity index (χ3n) is 4.23. The zero-order valence-electron chi connectivity index (χ0n) is 14.5. The summed E-state index contributed by atoms with van der Waals surface area (Å²) >= 11 is 5.62. The Morgan fingerprint density at radius 3 is 2.72 bits per heavy atom. The Balaban J connectivity index is 1.64. The minimum absolute atomic E-state index is 0.0380. The van der Waals surface area contributed by atoms with Crippen molar-refractivity contribution in [1.29, 1.82) is 0 Å². The van der Waals surface area contributed by atoms with Gasteiger partial charge in [0, 0.05) is 10.4 Å². The highest BCUT2D eigenvalue weighted by Crippen LogP contribution is 2.36. The van der Waals surface area contributed by atoms with E-state index in [1.807, 2.05) is 0 Å². The molecule has 0 saturated carbocycles. The number of nitrogens with zero attached hydrogens (tertiary/aromatic N) is 2. The Hall–Kier alpha value is -3.33. The highest BCUT2D eigenvalue weighted by atomic mass is 35.5. The number of carbonyl (C=O) groups excluding carboxylic acids is 1. The lowest BCUT2D eigenvalue weighted by atomic mass is 10.1. The van der Waals surface area contributed by atoms with Crippen LogP contribution in [0.4, 0.5) is 18.9 Å². The Labute approximate surface area is 165 Å². The molecule has 6 nitrogen and oxygen atoms in total. The summed E-state index contributed by atoms with van der Waals surface area (Å²) in [5.74, 6) is -0.836. The molecule has 0 bridgehead atoms. The lowest BCUT2D eigenvalue weighted by Crippen LogP contribution is -2.28. The Morgan fingerprint density at radius 1 is 1.21 bits per heavy atom. The number of rotatable bonds is 3. The van der Waals surface area contributed by atoms with Crippen LogP contribution in [0.1, 0.15) is 5.56 Å². The molecule has 2 aromatic heterocycles.